The second kappa shape index (κ2) is 10.5. The molecule has 1 atom stereocenters. The fourth-order valence-corrected chi connectivity index (χ4v) is 4.22. The van der Waals surface area contributed by atoms with Gasteiger partial charge in [0, 0.05) is 51.7 Å². The van der Waals surface area contributed by atoms with Gasteiger partial charge in [-0.05, 0) is 43.2 Å². The number of halogens is 3. The molecule has 3 fully saturated rings. The Kier molecular flexibility index (Phi) is 7.94. The predicted octanol–water partition coefficient (Wildman–Crippen LogP) is 2.50. The Morgan fingerprint density at radius 1 is 1.28 bits per heavy atom. The average molecular weight is 458 g/mol. The molecule has 8 nitrogen and oxygen atoms in total. The van der Waals surface area contributed by atoms with Crippen molar-refractivity contribution < 1.29 is 32.6 Å². The Morgan fingerprint density at radius 2 is 1.97 bits per heavy atom. The first-order chi connectivity index (χ1) is 15.2. The molecule has 0 aromatic carbocycles. The number of rotatable bonds is 4. The molecule has 11 heteroatoms. The Hall–Kier alpha value is -2.40. The minimum atomic E-state index is -5.08. The van der Waals surface area contributed by atoms with Crippen molar-refractivity contribution in [2.45, 2.75) is 44.0 Å². The number of carbonyl (C=O) groups is 2. The van der Waals surface area contributed by atoms with E-state index in [0.29, 0.717) is 5.92 Å². The van der Waals surface area contributed by atoms with Gasteiger partial charge in [0.1, 0.15) is 0 Å². The fraction of sp³-hybridized carbons (Fsp3) is 0.667. The molecular weight excluding hydrogens is 429 g/mol. The van der Waals surface area contributed by atoms with Gasteiger partial charge in [0.2, 0.25) is 0 Å². The lowest BCUT2D eigenvalue weighted by atomic mass is 9.82. The Bertz CT molecular complexity index is 756. The minimum Gasteiger partial charge on any atom is -0.475 e. The average Bonchev–Trinajstić information content (AvgIpc) is 3.27. The van der Waals surface area contributed by atoms with Gasteiger partial charge in [-0.2, -0.15) is 13.2 Å². The molecule has 178 valence electrons. The molecule has 3 saturated heterocycles. The lowest BCUT2D eigenvalue weighted by Crippen LogP contribution is -2.64. The number of alkyl halides is 3. The van der Waals surface area contributed by atoms with E-state index in [1.807, 2.05) is 23.4 Å². The molecule has 2 N–H and O–H groups in total. The Labute approximate surface area is 184 Å². The van der Waals surface area contributed by atoms with E-state index in [0.717, 1.165) is 71.6 Å². The molecule has 3 aliphatic heterocycles. The van der Waals surface area contributed by atoms with Crippen LogP contribution in [0.25, 0.3) is 0 Å². The number of urea groups is 1. The monoisotopic (exact) mass is 458 g/mol. The van der Waals surface area contributed by atoms with Crippen LogP contribution < -0.4 is 5.32 Å². The summed E-state index contributed by atoms with van der Waals surface area (Å²) in [5, 5.41) is 10.2. The van der Waals surface area contributed by atoms with Crippen molar-refractivity contribution >= 4 is 12.0 Å². The number of nitrogens with one attached hydrogen (secondary N) is 1. The zero-order valence-electron chi connectivity index (χ0n) is 17.8. The molecular formula is C21H29F3N4O4. The van der Waals surface area contributed by atoms with Crippen molar-refractivity contribution in [3.05, 3.63) is 30.1 Å². The molecule has 2 amide bonds. The van der Waals surface area contributed by atoms with Gasteiger partial charge in [0.05, 0.1) is 12.2 Å². The van der Waals surface area contributed by atoms with Crippen molar-refractivity contribution in [3.8, 4) is 0 Å². The number of aliphatic carboxylic acids is 1. The summed E-state index contributed by atoms with van der Waals surface area (Å²) >= 11 is 0. The molecule has 1 aromatic heterocycles. The van der Waals surface area contributed by atoms with Crippen LogP contribution >= 0.6 is 0 Å². The second-order valence-electron chi connectivity index (χ2n) is 8.59. The summed E-state index contributed by atoms with van der Waals surface area (Å²) in [6.07, 6.45) is 3.18. The SMILES string of the molecule is O=C(NCC1CCC2(CN(Cc3cccnc3)C2)OC1)N1CCCC1.O=C(O)C(F)(F)F. The molecule has 4 heterocycles. The van der Waals surface area contributed by atoms with Gasteiger partial charge in [-0.25, -0.2) is 9.59 Å². The number of carboxylic acid groups (broad SMARTS) is 1. The normalized spacial score (nSPS) is 22.6. The fourth-order valence-electron chi connectivity index (χ4n) is 4.22. The maximum absolute atomic E-state index is 12.1. The summed E-state index contributed by atoms with van der Waals surface area (Å²) in [5.74, 6) is -2.31. The van der Waals surface area contributed by atoms with Crippen LogP contribution in [0.5, 0.6) is 0 Å². The molecule has 3 aliphatic rings. The van der Waals surface area contributed by atoms with E-state index in [1.54, 1.807) is 0 Å². The number of aromatic nitrogens is 1. The molecule has 1 spiro atoms. The maximum atomic E-state index is 12.1. The molecule has 4 rings (SSSR count). The van der Waals surface area contributed by atoms with Crippen LogP contribution in [0.3, 0.4) is 0 Å². The van der Waals surface area contributed by atoms with E-state index in [2.05, 4.69) is 21.3 Å². The molecule has 1 aromatic rings. The van der Waals surface area contributed by atoms with Gasteiger partial charge in [0.25, 0.3) is 0 Å². The molecule has 1 unspecified atom stereocenters. The first-order valence-electron chi connectivity index (χ1n) is 10.7. The molecule has 0 radical (unpaired) electrons. The van der Waals surface area contributed by atoms with E-state index in [4.69, 9.17) is 14.6 Å². The third-order valence-electron chi connectivity index (χ3n) is 5.96. The Balaban J connectivity index is 0.000000360. The Morgan fingerprint density at radius 3 is 2.50 bits per heavy atom. The van der Waals surface area contributed by atoms with E-state index in [-0.39, 0.29) is 11.6 Å². The minimum absolute atomic E-state index is 0.0532. The number of likely N-dealkylation sites (tertiary alicyclic amines) is 2. The van der Waals surface area contributed by atoms with Crippen molar-refractivity contribution in [2.75, 3.05) is 39.3 Å². The number of nitrogens with zero attached hydrogens (tertiary/aromatic N) is 3. The van der Waals surface area contributed by atoms with E-state index in [9.17, 15) is 18.0 Å². The molecule has 0 saturated carbocycles. The van der Waals surface area contributed by atoms with Crippen LogP contribution in [0.15, 0.2) is 24.5 Å². The smallest absolute Gasteiger partial charge is 0.475 e. The molecule has 32 heavy (non-hydrogen) atoms. The predicted molar refractivity (Wildman–Crippen MR) is 109 cm³/mol. The van der Waals surface area contributed by atoms with Crippen molar-refractivity contribution in [1.82, 2.24) is 20.1 Å². The standard InChI is InChI=1S/C19H28N4O2.C2HF3O2/c24-18(23-8-1-2-9-23)21-11-17-5-6-19(25-13-17)14-22(15-19)12-16-4-3-7-20-10-16;3-2(4,5)1(6)7/h3-4,7,10,17H,1-2,5-6,8-9,11-15H2,(H,21,24);(H,6,7). The van der Waals surface area contributed by atoms with Crippen LogP contribution in [0.2, 0.25) is 0 Å². The quantitative estimate of drug-likeness (QED) is 0.720. The highest BCUT2D eigenvalue weighted by Gasteiger charge is 2.46. The summed E-state index contributed by atoms with van der Waals surface area (Å²) in [7, 11) is 0. The largest absolute Gasteiger partial charge is 0.490 e. The highest BCUT2D eigenvalue weighted by atomic mass is 19.4. The van der Waals surface area contributed by atoms with Crippen LogP contribution in [0, 0.1) is 5.92 Å². The third kappa shape index (κ3) is 6.80. The second-order valence-corrected chi connectivity index (χ2v) is 8.59. The highest BCUT2D eigenvalue weighted by molar-refractivity contribution is 5.74. The summed E-state index contributed by atoms with van der Waals surface area (Å²) in [4.78, 5) is 29.5. The van der Waals surface area contributed by atoms with Gasteiger partial charge >= 0.3 is 18.2 Å². The lowest BCUT2D eigenvalue weighted by Gasteiger charge is -2.53. The summed E-state index contributed by atoms with van der Waals surface area (Å²) < 4.78 is 38.0. The van der Waals surface area contributed by atoms with Gasteiger partial charge in [0.15, 0.2) is 0 Å². The number of carbonyl (C=O) groups excluding carboxylic acids is 1. The highest BCUT2D eigenvalue weighted by Crippen LogP contribution is 2.36. The first-order valence-corrected chi connectivity index (χ1v) is 10.7. The maximum Gasteiger partial charge on any atom is 0.490 e. The number of hydrogen-bond donors (Lipinski definition) is 2. The zero-order valence-corrected chi connectivity index (χ0v) is 17.8. The number of pyridine rings is 1. The van der Waals surface area contributed by atoms with E-state index in [1.165, 1.54) is 5.56 Å². The topological polar surface area (TPSA) is 95.0 Å². The van der Waals surface area contributed by atoms with Crippen molar-refractivity contribution in [3.63, 3.8) is 0 Å². The van der Waals surface area contributed by atoms with Crippen LogP contribution in [-0.4, -0.2) is 83.0 Å². The van der Waals surface area contributed by atoms with Gasteiger partial charge in [-0.1, -0.05) is 6.07 Å². The number of ether oxygens (including phenoxy) is 1. The summed E-state index contributed by atoms with van der Waals surface area (Å²) in [6.45, 7) is 6.29. The van der Waals surface area contributed by atoms with Crippen LogP contribution in [0.1, 0.15) is 31.2 Å². The van der Waals surface area contributed by atoms with Crippen LogP contribution in [0.4, 0.5) is 18.0 Å². The third-order valence-corrected chi connectivity index (χ3v) is 5.96. The van der Waals surface area contributed by atoms with Crippen molar-refractivity contribution in [2.24, 2.45) is 5.92 Å². The number of amides is 2. The number of hydrogen-bond acceptors (Lipinski definition) is 5. The summed E-state index contributed by atoms with van der Waals surface area (Å²) in [5.41, 5.74) is 1.31. The van der Waals surface area contributed by atoms with Crippen molar-refractivity contribution in [1.29, 1.82) is 0 Å². The number of carboxylic acids is 1. The summed E-state index contributed by atoms with van der Waals surface area (Å²) in [6, 6.07) is 4.21. The first kappa shape index (κ1) is 24.2. The zero-order chi connectivity index (χ0) is 23.2. The van der Waals surface area contributed by atoms with Gasteiger partial charge in [-0.15, -0.1) is 0 Å². The van der Waals surface area contributed by atoms with Crippen LogP contribution in [-0.2, 0) is 16.1 Å². The van der Waals surface area contributed by atoms with E-state index < -0.39 is 12.1 Å². The van der Waals surface area contributed by atoms with Gasteiger partial charge in [-0.3, -0.25) is 9.88 Å². The molecule has 0 aliphatic carbocycles. The lowest BCUT2D eigenvalue weighted by molar-refractivity contribution is -0.192. The molecule has 0 bridgehead atoms. The van der Waals surface area contributed by atoms with Gasteiger partial charge < -0.3 is 20.1 Å². The van der Waals surface area contributed by atoms with E-state index >= 15 is 0 Å².